The molecule has 1 aromatic heterocycles. The number of nitrogens with zero attached hydrogens (tertiary/aromatic N) is 2. The van der Waals surface area contributed by atoms with Gasteiger partial charge in [-0.2, -0.15) is 13.2 Å². The molecule has 0 atom stereocenters. The van der Waals surface area contributed by atoms with E-state index in [1.807, 2.05) is 0 Å². The zero-order valence-electron chi connectivity index (χ0n) is 10.9. The van der Waals surface area contributed by atoms with Crippen LogP contribution in [0.15, 0.2) is 30.7 Å². The van der Waals surface area contributed by atoms with Gasteiger partial charge in [-0.3, -0.25) is 0 Å². The predicted octanol–water partition coefficient (Wildman–Crippen LogP) is 2.72. The highest BCUT2D eigenvalue weighted by Crippen LogP contribution is 2.37. The van der Waals surface area contributed by atoms with E-state index < -0.39 is 29.0 Å². The average Bonchev–Trinajstić information content (AvgIpc) is 2.80. The fraction of sp³-hybridized carbons (Fsp3) is 0.231. The lowest BCUT2D eigenvalue weighted by atomic mass is 10.1. The second kappa shape index (κ2) is 5.47. The van der Waals surface area contributed by atoms with E-state index in [0.29, 0.717) is 11.8 Å². The fourth-order valence-corrected chi connectivity index (χ4v) is 1.69. The topological polar surface area (TPSA) is 64.4 Å². The quantitative estimate of drug-likeness (QED) is 0.943. The maximum Gasteiger partial charge on any atom is 0.419 e. The van der Waals surface area contributed by atoms with Crippen molar-refractivity contribution in [1.29, 1.82) is 0 Å². The highest BCUT2D eigenvalue weighted by molar-refractivity contribution is 5.88. The Bertz CT molecular complexity index is 665. The number of ether oxygens (including phenoxy) is 1. The van der Waals surface area contributed by atoms with Crippen LogP contribution in [0.4, 0.5) is 13.2 Å². The van der Waals surface area contributed by atoms with Gasteiger partial charge in [-0.15, -0.1) is 0 Å². The second-order valence-corrected chi connectivity index (χ2v) is 4.30. The second-order valence-electron chi connectivity index (χ2n) is 4.30. The first-order chi connectivity index (χ1) is 9.79. The van der Waals surface area contributed by atoms with Crippen LogP contribution in [0.5, 0.6) is 5.75 Å². The number of halogens is 3. The molecule has 0 amide bonds. The van der Waals surface area contributed by atoms with Crippen LogP contribution in [0, 0.1) is 0 Å². The van der Waals surface area contributed by atoms with E-state index in [0.717, 1.165) is 12.1 Å². The molecule has 0 radical (unpaired) electrons. The van der Waals surface area contributed by atoms with Crippen molar-refractivity contribution in [1.82, 2.24) is 9.55 Å². The summed E-state index contributed by atoms with van der Waals surface area (Å²) >= 11 is 0. The normalized spacial score (nSPS) is 11.4. The van der Waals surface area contributed by atoms with Crippen LogP contribution in [-0.2, 0) is 19.8 Å². The maximum atomic E-state index is 12.9. The molecule has 8 heteroatoms. The van der Waals surface area contributed by atoms with Crippen LogP contribution >= 0.6 is 0 Å². The molecule has 2 aromatic rings. The maximum absolute atomic E-state index is 12.9. The number of benzene rings is 1. The molecule has 0 saturated heterocycles. The summed E-state index contributed by atoms with van der Waals surface area (Å²) in [4.78, 5) is 14.6. The van der Waals surface area contributed by atoms with E-state index in [4.69, 9.17) is 9.84 Å². The Labute approximate surface area is 117 Å². The number of imidazole rings is 1. The first-order valence-corrected chi connectivity index (χ1v) is 5.81. The van der Waals surface area contributed by atoms with Crippen LogP contribution in [0.3, 0.4) is 0 Å². The largest absolute Gasteiger partial charge is 0.487 e. The fourth-order valence-electron chi connectivity index (χ4n) is 1.69. The molecule has 1 N–H and O–H groups in total. The van der Waals surface area contributed by atoms with Gasteiger partial charge in [-0.05, 0) is 18.2 Å². The monoisotopic (exact) mass is 300 g/mol. The Hall–Kier alpha value is -2.51. The number of rotatable bonds is 4. The van der Waals surface area contributed by atoms with Crippen molar-refractivity contribution in [2.45, 2.75) is 12.8 Å². The van der Waals surface area contributed by atoms with Crippen LogP contribution in [0.1, 0.15) is 21.6 Å². The molecule has 0 fully saturated rings. The van der Waals surface area contributed by atoms with E-state index in [2.05, 4.69) is 4.98 Å². The summed E-state index contributed by atoms with van der Waals surface area (Å²) < 4.78 is 45.6. The number of carboxylic acid groups (broad SMARTS) is 1. The van der Waals surface area contributed by atoms with Crippen LogP contribution in [-0.4, -0.2) is 20.6 Å². The molecule has 0 aliphatic rings. The molecule has 112 valence electrons. The van der Waals surface area contributed by atoms with Gasteiger partial charge in [0.25, 0.3) is 0 Å². The molecular formula is C13H11F3N2O3. The predicted molar refractivity (Wildman–Crippen MR) is 65.9 cm³/mol. The van der Waals surface area contributed by atoms with Gasteiger partial charge in [0.1, 0.15) is 12.4 Å². The molecule has 0 unspecified atom stereocenters. The van der Waals surface area contributed by atoms with Crippen molar-refractivity contribution in [3.05, 3.63) is 47.5 Å². The molecule has 21 heavy (non-hydrogen) atoms. The Kier molecular flexibility index (Phi) is 3.88. The van der Waals surface area contributed by atoms with E-state index in [9.17, 15) is 18.0 Å². The highest BCUT2D eigenvalue weighted by Gasteiger charge is 2.35. The number of aromatic nitrogens is 2. The average molecular weight is 300 g/mol. The van der Waals surface area contributed by atoms with E-state index >= 15 is 0 Å². The number of hydrogen-bond donors (Lipinski definition) is 1. The third kappa shape index (κ3) is 3.33. The number of carbonyl (C=O) groups is 1. The van der Waals surface area contributed by atoms with Crippen molar-refractivity contribution in [3.63, 3.8) is 0 Å². The van der Waals surface area contributed by atoms with Gasteiger partial charge in [-0.1, -0.05) is 0 Å². The number of aryl methyl sites for hydroxylation is 1. The van der Waals surface area contributed by atoms with Gasteiger partial charge in [0.15, 0.2) is 0 Å². The zero-order chi connectivity index (χ0) is 15.6. The summed E-state index contributed by atoms with van der Waals surface area (Å²) in [5, 5.41) is 8.76. The van der Waals surface area contributed by atoms with Gasteiger partial charge < -0.3 is 14.4 Å². The van der Waals surface area contributed by atoms with Gasteiger partial charge in [-0.25, -0.2) is 9.78 Å². The van der Waals surface area contributed by atoms with Crippen LogP contribution in [0.2, 0.25) is 0 Å². The van der Waals surface area contributed by atoms with E-state index in [-0.39, 0.29) is 6.61 Å². The Morgan fingerprint density at radius 3 is 2.67 bits per heavy atom. The van der Waals surface area contributed by atoms with Crippen molar-refractivity contribution in [2.75, 3.05) is 0 Å². The minimum absolute atomic E-state index is 0.105. The summed E-state index contributed by atoms with van der Waals surface area (Å²) in [5.41, 5.74) is -0.981. The molecule has 0 saturated carbocycles. The molecule has 1 heterocycles. The molecule has 0 bridgehead atoms. The molecular weight excluding hydrogens is 289 g/mol. The van der Waals surface area contributed by atoms with Crippen molar-refractivity contribution in [3.8, 4) is 5.75 Å². The molecule has 0 aliphatic heterocycles. The summed E-state index contributed by atoms with van der Waals surface area (Å²) in [6.07, 6.45) is -1.73. The smallest absolute Gasteiger partial charge is 0.419 e. The SMILES string of the molecule is Cn1cncc1COc1ccc(C(=O)O)cc1C(F)(F)F. The van der Waals surface area contributed by atoms with Crippen molar-refractivity contribution in [2.24, 2.45) is 7.05 Å². The lowest BCUT2D eigenvalue weighted by Crippen LogP contribution is -2.11. The Morgan fingerprint density at radius 2 is 2.14 bits per heavy atom. The first-order valence-electron chi connectivity index (χ1n) is 5.81. The van der Waals surface area contributed by atoms with Gasteiger partial charge in [0.2, 0.25) is 0 Å². The Balaban J connectivity index is 2.30. The summed E-state index contributed by atoms with van der Waals surface area (Å²) in [5.74, 6) is -1.85. The van der Waals surface area contributed by atoms with Crippen molar-refractivity contribution < 1.29 is 27.8 Å². The van der Waals surface area contributed by atoms with E-state index in [1.54, 1.807) is 11.6 Å². The summed E-state index contributed by atoms with van der Waals surface area (Å²) in [6.45, 7) is -0.105. The van der Waals surface area contributed by atoms with Crippen LogP contribution in [0.25, 0.3) is 0 Å². The number of hydrogen-bond acceptors (Lipinski definition) is 3. The number of aromatic carboxylic acids is 1. The van der Waals surface area contributed by atoms with Gasteiger partial charge in [0, 0.05) is 7.05 Å². The standard InChI is InChI=1S/C13H11F3N2O3/c1-18-7-17-5-9(18)6-21-11-3-2-8(12(19)20)4-10(11)13(14,15)16/h2-5,7H,6H2,1H3,(H,19,20). The molecule has 1 aromatic carbocycles. The summed E-state index contributed by atoms with van der Waals surface area (Å²) in [7, 11) is 1.68. The number of alkyl halides is 3. The van der Waals surface area contributed by atoms with Crippen molar-refractivity contribution >= 4 is 5.97 Å². The molecule has 0 aliphatic carbocycles. The number of carboxylic acids is 1. The van der Waals surface area contributed by atoms with Crippen LogP contribution < -0.4 is 4.74 Å². The zero-order valence-corrected chi connectivity index (χ0v) is 10.9. The molecule has 2 rings (SSSR count). The van der Waals surface area contributed by atoms with Gasteiger partial charge >= 0.3 is 12.1 Å². The first kappa shape index (κ1) is 14.9. The minimum atomic E-state index is -4.70. The van der Waals surface area contributed by atoms with Gasteiger partial charge in [0.05, 0.1) is 29.3 Å². The summed E-state index contributed by atoms with van der Waals surface area (Å²) in [6, 6.07) is 2.62. The highest BCUT2D eigenvalue weighted by atomic mass is 19.4. The third-order valence-electron chi connectivity index (χ3n) is 2.82. The molecule has 0 spiro atoms. The lowest BCUT2D eigenvalue weighted by Gasteiger charge is -2.14. The minimum Gasteiger partial charge on any atom is -0.487 e. The molecule has 5 nitrogen and oxygen atoms in total. The Morgan fingerprint density at radius 1 is 1.43 bits per heavy atom. The lowest BCUT2D eigenvalue weighted by molar-refractivity contribution is -0.139. The third-order valence-corrected chi connectivity index (χ3v) is 2.82. The van der Waals surface area contributed by atoms with E-state index in [1.165, 1.54) is 12.5 Å².